The molecule has 3 rings (SSSR count). The molecular formula is C16H22N4O3S2. The van der Waals surface area contributed by atoms with E-state index in [4.69, 9.17) is 0 Å². The van der Waals surface area contributed by atoms with Gasteiger partial charge in [-0.15, -0.1) is 5.10 Å². The minimum atomic E-state index is -3.17. The summed E-state index contributed by atoms with van der Waals surface area (Å²) in [6.45, 7) is 2.42. The van der Waals surface area contributed by atoms with Crippen molar-refractivity contribution in [1.82, 2.24) is 14.3 Å². The number of hydrogen-bond donors (Lipinski definition) is 1. The van der Waals surface area contributed by atoms with E-state index in [1.54, 1.807) is 6.92 Å². The van der Waals surface area contributed by atoms with Crippen LogP contribution in [0, 0.1) is 5.92 Å². The highest BCUT2D eigenvalue weighted by Gasteiger charge is 2.30. The summed E-state index contributed by atoms with van der Waals surface area (Å²) >= 11 is 1.51. The third-order valence-corrected chi connectivity index (χ3v) is 7.55. The number of aromatic nitrogens is 1. The van der Waals surface area contributed by atoms with Gasteiger partial charge < -0.3 is 4.57 Å². The molecule has 0 radical (unpaired) electrons. The molecule has 0 atom stereocenters. The molecule has 0 saturated carbocycles. The van der Waals surface area contributed by atoms with E-state index >= 15 is 0 Å². The first-order valence-corrected chi connectivity index (χ1v) is 10.7. The number of nitrogens with one attached hydrogen (secondary N) is 1. The molecular weight excluding hydrogens is 360 g/mol. The van der Waals surface area contributed by atoms with Crippen LogP contribution in [0.1, 0.15) is 19.8 Å². The van der Waals surface area contributed by atoms with Gasteiger partial charge in [0.15, 0.2) is 0 Å². The van der Waals surface area contributed by atoms with Gasteiger partial charge in [-0.25, -0.2) is 18.1 Å². The fraction of sp³-hybridized carbons (Fsp3) is 0.500. The summed E-state index contributed by atoms with van der Waals surface area (Å²) in [7, 11) is -1.25. The number of nitrogens with zero attached hydrogens (tertiary/aromatic N) is 3. The smallest absolute Gasteiger partial charge is 0.243 e. The Morgan fingerprint density at radius 3 is 2.64 bits per heavy atom. The molecule has 1 aliphatic rings. The number of carbonyl (C=O) groups is 1. The summed E-state index contributed by atoms with van der Waals surface area (Å²) in [5.41, 5.74) is 3.71. The second kappa shape index (κ2) is 7.27. The molecule has 0 unspecified atom stereocenters. The van der Waals surface area contributed by atoms with Gasteiger partial charge in [0.1, 0.15) is 0 Å². The summed E-state index contributed by atoms with van der Waals surface area (Å²) in [5.74, 6) is -0.250. The minimum Gasteiger partial charge on any atom is -0.318 e. The number of carbonyl (C=O) groups excluding carboxylic acids is 1. The number of rotatable bonds is 4. The number of aryl methyl sites for hydroxylation is 1. The van der Waals surface area contributed by atoms with Gasteiger partial charge in [-0.3, -0.25) is 4.79 Å². The Labute approximate surface area is 151 Å². The van der Waals surface area contributed by atoms with Gasteiger partial charge in [0, 0.05) is 26.1 Å². The first-order valence-electron chi connectivity index (χ1n) is 8.28. The van der Waals surface area contributed by atoms with Crippen LogP contribution in [0.5, 0.6) is 0 Å². The van der Waals surface area contributed by atoms with Crippen LogP contribution < -0.4 is 10.2 Å². The van der Waals surface area contributed by atoms with Gasteiger partial charge in [-0.2, -0.15) is 0 Å². The molecule has 2 aromatic rings. The molecule has 1 fully saturated rings. The van der Waals surface area contributed by atoms with Gasteiger partial charge in [0.05, 0.1) is 16.0 Å². The summed E-state index contributed by atoms with van der Waals surface area (Å²) in [6.07, 6.45) is 1.05. The van der Waals surface area contributed by atoms with Gasteiger partial charge in [-0.1, -0.05) is 23.5 Å². The molecule has 25 heavy (non-hydrogen) atoms. The first-order chi connectivity index (χ1) is 11.9. The van der Waals surface area contributed by atoms with Gasteiger partial charge >= 0.3 is 0 Å². The Morgan fingerprint density at radius 1 is 1.32 bits per heavy atom. The molecule has 136 valence electrons. The third-order valence-electron chi connectivity index (χ3n) is 4.56. The molecule has 0 aliphatic carbocycles. The zero-order chi connectivity index (χ0) is 18.0. The van der Waals surface area contributed by atoms with Crippen LogP contribution in [0.3, 0.4) is 0 Å². The van der Waals surface area contributed by atoms with E-state index in [9.17, 15) is 13.2 Å². The van der Waals surface area contributed by atoms with Crippen LogP contribution in [0.15, 0.2) is 29.4 Å². The number of fused-ring (bicyclic) bond motifs is 1. The van der Waals surface area contributed by atoms with Crippen LogP contribution in [0.2, 0.25) is 0 Å². The number of piperidine rings is 1. The fourth-order valence-corrected chi connectivity index (χ4v) is 5.07. The maximum Gasteiger partial charge on any atom is 0.243 e. The molecule has 0 spiro atoms. The highest BCUT2D eigenvalue weighted by atomic mass is 32.2. The number of thiazole rings is 1. The number of amides is 1. The van der Waals surface area contributed by atoms with Gasteiger partial charge in [0.2, 0.25) is 20.7 Å². The number of hydrogen-bond acceptors (Lipinski definition) is 5. The van der Waals surface area contributed by atoms with Crippen molar-refractivity contribution in [1.29, 1.82) is 0 Å². The Balaban J connectivity index is 1.66. The molecule has 7 nitrogen and oxygen atoms in total. The van der Waals surface area contributed by atoms with Crippen molar-refractivity contribution in [2.24, 2.45) is 18.1 Å². The zero-order valence-corrected chi connectivity index (χ0v) is 15.9. The second-order valence-electron chi connectivity index (χ2n) is 6.07. The highest BCUT2D eigenvalue weighted by molar-refractivity contribution is 7.89. The normalized spacial score (nSPS) is 17.9. The molecule has 1 N–H and O–H groups in total. The Bertz CT molecular complexity index is 938. The SMILES string of the molecule is CCS(=O)(=O)N1CCC(C(=O)N/N=c2\sc3ccccc3n2C)CC1. The Hall–Kier alpha value is -1.71. The predicted octanol–water partition coefficient (Wildman–Crippen LogP) is 1.23. The molecule has 1 aromatic heterocycles. The van der Waals surface area contributed by atoms with Crippen molar-refractivity contribution >= 4 is 37.5 Å². The minimum absolute atomic E-state index is 0.0988. The maximum atomic E-state index is 12.3. The van der Waals surface area contributed by atoms with Crippen molar-refractivity contribution in [3.05, 3.63) is 29.1 Å². The van der Waals surface area contributed by atoms with E-state index in [0.29, 0.717) is 25.9 Å². The molecule has 2 heterocycles. The molecule has 1 aliphatic heterocycles. The van der Waals surface area contributed by atoms with E-state index in [-0.39, 0.29) is 17.6 Å². The van der Waals surface area contributed by atoms with Crippen molar-refractivity contribution < 1.29 is 13.2 Å². The second-order valence-corrected chi connectivity index (χ2v) is 9.34. The van der Waals surface area contributed by atoms with Crippen LogP contribution in [0.4, 0.5) is 0 Å². The van der Waals surface area contributed by atoms with Crippen LogP contribution in [-0.2, 0) is 21.9 Å². The van der Waals surface area contributed by atoms with E-state index in [1.165, 1.54) is 15.6 Å². The van der Waals surface area contributed by atoms with E-state index < -0.39 is 10.0 Å². The standard InChI is InChI=1S/C16H22N4O3S2/c1-3-25(22,23)20-10-8-12(9-11-20)15(21)17-18-16-19(2)13-6-4-5-7-14(13)24-16/h4-7,12H,3,8-11H2,1-2H3,(H,17,21)/b18-16-. The maximum absolute atomic E-state index is 12.3. The monoisotopic (exact) mass is 382 g/mol. The quantitative estimate of drug-likeness (QED) is 0.808. The van der Waals surface area contributed by atoms with Crippen molar-refractivity contribution in [2.75, 3.05) is 18.8 Å². The largest absolute Gasteiger partial charge is 0.318 e. The van der Waals surface area contributed by atoms with Gasteiger partial charge in [-0.05, 0) is 31.9 Å². The fourth-order valence-electron chi connectivity index (χ4n) is 2.96. The number of benzene rings is 1. The van der Waals surface area contributed by atoms with E-state index in [2.05, 4.69) is 10.5 Å². The van der Waals surface area contributed by atoms with Crippen molar-refractivity contribution in [2.45, 2.75) is 19.8 Å². The third kappa shape index (κ3) is 3.78. The Morgan fingerprint density at radius 2 is 2.00 bits per heavy atom. The van der Waals surface area contributed by atoms with Crippen LogP contribution >= 0.6 is 11.3 Å². The topological polar surface area (TPSA) is 83.8 Å². The molecule has 1 amide bonds. The van der Waals surface area contributed by atoms with E-state index in [1.807, 2.05) is 35.9 Å². The summed E-state index contributed by atoms with van der Waals surface area (Å²) in [4.78, 5) is 13.1. The molecule has 0 bridgehead atoms. The zero-order valence-electron chi connectivity index (χ0n) is 14.3. The van der Waals surface area contributed by atoms with Crippen molar-refractivity contribution in [3.63, 3.8) is 0 Å². The van der Waals surface area contributed by atoms with E-state index in [0.717, 1.165) is 15.0 Å². The Kier molecular flexibility index (Phi) is 5.26. The van der Waals surface area contributed by atoms with Crippen LogP contribution in [-0.4, -0.2) is 42.0 Å². The first kappa shape index (κ1) is 18.1. The molecule has 1 aromatic carbocycles. The summed E-state index contributed by atoms with van der Waals surface area (Å²) < 4.78 is 28.3. The summed E-state index contributed by atoms with van der Waals surface area (Å²) in [5, 5.41) is 4.25. The molecule has 1 saturated heterocycles. The molecule has 9 heteroatoms. The van der Waals surface area contributed by atoms with Gasteiger partial charge in [0.25, 0.3) is 0 Å². The van der Waals surface area contributed by atoms with Crippen molar-refractivity contribution in [3.8, 4) is 0 Å². The lowest BCUT2D eigenvalue weighted by atomic mass is 9.98. The lowest BCUT2D eigenvalue weighted by molar-refractivity contribution is -0.126. The summed E-state index contributed by atoms with van der Waals surface area (Å²) in [6, 6.07) is 7.97. The highest BCUT2D eigenvalue weighted by Crippen LogP contribution is 2.20. The average molecular weight is 383 g/mol. The average Bonchev–Trinajstić information content (AvgIpc) is 2.96. The lowest BCUT2D eigenvalue weighted by Crippen LogP contribution is -2.43. The van der Waals surface area contributed by atoms with Crippen LogP contribution in [0.25, 0.3) is 10.2 Å². The number of sulfonamides is 1. The number of para-hydroxylation sites is 1. The lowest BCUT2D eigenvalue weighted by Gasteiger charge is -2.29. The predicted molar refractivity (Wildman–Crippen MR) is 98.3 cm³/mol.